The summed E-state index contributed by atoms with van der Waals surface area (Å²) in [5.41, 5.74) is -2.30. The van der Waals surface area contributed by atoms with Gasteiger partial charge in [0.1, 0.15) is 0 Å². The lowest BCUT2D eigenvalue weighted by Gasteiger charge is -2.58. The van der Waals surface area contributed by atoms with Crippen LogP contribution in [-0.4, -0.2) is 44.5 Å². The molecule has 172 valence electrons. The number of carbonyl (C=O) groups is 2. The summed E-state index contributed by atoms with van der Waals surface area (Å²) in [5, 5.41) is 15.2. The number of amides is 2. The fourth-order valence-corrected chi connectivity index (χ4v) is 7.50. The minimum atomic E-state index is -0.823. The van der Waals surface area contributed by atoms with E-state index in [0.29, 0.717) is 12.8 Å². The van der Waals surface area contributed by atoms with Crippen LogP contribution < -0.4 is 5.32 Å². The molecule has 0 bridgehead atoms. The van der Waals surface area contributed by atoms with Gasteiger partial charge in [-0.2, -0.15) is 0 Å². The van der Waals surface area contributed by atoms with Crippen LogP contribution >= 0.6 is 0 Å². The average molecular weight is 421 g/mol. The van der Waals surface area contributed by atoms with E-state index >= 15 is 0 Å². The first-order valence-corrected chi connectivity index (χ1v) is 12.3. The summed E-state index contributed by atoms with van der Waals surface area (Å²) >= 11 is 0. The second-order valence-corrected chi connectivity index (χ2v) is 11.7. The third-order valence-corrected chi connectivity index (χ3v) is 8.13. The van der Waals surface area contributed by atoms with Crippen molar-refractivity contribution in [1.29, 1.82) is 0 Å². The first-order valence-electron chi connectivity index (χ1n) is 12.3. The number of aliphatic hydroxyl groups is 1. The van der Waals surface area contributed by atoms with Gasteiger partial charge in [0.15, 0.2) is 0 Å². The van der Waals surface area contributed by atoms with E-state index in [1.807, 2.05) is 32.6 Å². The van der Waals surface area contributed by atoms with E-state index in [1.165, 1.54) is 44.9 Å². The van der Waals surface area contributed by atoms with Crippen LogP contribution in [0.15, 0.2) is 0 Å². The molecule has 0 aromatic rings. The molecule has 2 amide bonds. The fraction of sp³-hybridized carbons (Fsp3) is 0.920. The van der Waals surface area contributed by atoms with E-state index in [1.54, 1.807) is 6.92 Å². The minimum Gasteiger partial charge on any atom is -0.390 e. The maximum atomic E-state index is 13.6. The highest BCUT2D eigenvalue weighted by molar-refractivity contribution is 5.88. The topological polar surface area (TPSA) is 69.6 Å². The van der Waals surface area contributed by atoms with Gasteiger partial charge in [-0.3, -0.25) is 9.59 Å². The van der Waals surface area contributed by atoms with Gasteiger partial charge in [0.05, 0.1) is 17.1 Å². The lowest BCUT2D eigenvalue weighted by atomic mass is 9.59. The zero-order valence-electron chi connectivity index (χ0n) is 20.0. The molecule has 0 aromatic heterocycles. The SMILES string of the molecule is CC(=O)N1C(C)(C)CC2(CC1(C)C)C(=O)NC1(CCCCCCCCCCC1)C2O. The predicted molar refractivity (Wildman–Crippen MR) is 120 cm³/mol. The van der Waals surface area contributed by atoms with Crippen LogP contribution in [-0.2, 0) is 9.59 Å². The van der Waals surface area contributed by atoms with Gasteiger partial charge in [0.2, 0.25) is 11.8 Å². The summed E-state index contributed by atoms with van der Waals surface area (Å²) < 4.78 is 0. The maximum Gasteiger partial charge on any atom is 0.229 e. The van der Waals surface area contributed by atoms with Crippen molar-refractivity contribution in [1.82, 2.24) is 10.2 Å². The Labute approximate surface area is 183 Å². The molecule has 1 saturated carbocycles. The molecule has 2 N–H and O–H groups in total. The Morgan fingerprint density at radius 1 is 0.867 bits per heavy atom. The Morgan fingerprint density at radius 3 is 1.67 bits per heavy atom. The highest BCUT2D eigenvalue weighted by atomic mass is 16.3. The Hall–Kier alpha value is -1.10. The summed E-state index contributed by atoms with van der Waals surface area (Å²) in [5.74, 6) is 0.0416. The van der Waals surface area contributed by atoms with E-state index in [4.69, 9.17) is 0 Å². The van der Waals surface area contributed by atoms with Crippen molar-refractivity contribution < 1.29 is 14.7 Å². The van der Waals surface area contributed by atoms with E-state index in [0.717, 1.165) is 25.7 Å². The summed E-state index contributed by atoms with van der Waals surface area (Å²) in [7, 11) is 0. The van der Waals surface area contributed by atoms with Crippen LogP contribution in [0.2, 0.25) is 0 Å². The summed E-state index contributed by atoms with van der Waals surface area (Å²) in [6, 6.07) is 0. The highest BCUT2D eigenvalue weighted by Gasteiger charge is 2.67. The maximum absolute atomic E-state index is 13.6. The van der Waals surface area contributed by atoms with Crippen LogP contribution in [0, 0.1) is 5.41 Å². The summed E-state index contributed by atoms with van der Waals surface area (Å²) in [6.07, 6.45) is 12.9. The molecule has 1 unspecified atom stereocenters. The number of hydrogen-bond acceptors (Lipinski definition) is 3. The zero-order valence-corrected chi connectivity index (χ0v) is 20.0. The van der Waals surface area contributed by atoms with Crippen molar-refractivity contribution >= 4 is 11.8 Å². The Bertz CT molecular complexity index is 625. The van der Waals surface area contributed by atoms with Gasteiger partial charge in [-0.15, -0.1) is 0 Å². The van der Waals surface area contributed by atoms with Crippen LogP contribution in [0.4, 0.5) is 0 Å². The van der Waals surface area contributed by atoms with Crippen LogP contribution in [0.1, 0.15) is 118 Å². The molecule has 5 heteroatoms. The van der Waals surface area contributed by atoms with Crippen molar-refractivity contribution in [2.24, 2.45) is 5.41 Å². The third-order valence-electron chi connectivity index (χ3n) is 8.13. The van der Waals surface area contributed by atoms with E-state index in [-0.39, 0.29) is 11.8 Å². The largest absolute Gasteiger partial charge is 0.390 e. The molecule has 0 aromatic carbocycles. The number of likely N-dealkylation sites (tertiary alicyclic amines) is 1. The molecule has 2 spiro atoms. The van der Waals surface area contributed by atoms with Gasteiger partial charge in [0.25, 0.3) is 0 Å². The van der Waals surface area contributed by atoms with E-state index in [2.05, 4.69) is 5.32 Å². The molecular formula is C25H44N2O3. The lowest BCUT2D eigenvalue weighted by Crippen LogP contribution is -2.67. The average Bonchev–Trinajstić information content (AvgIpc) is 2.77. The number of nitrogens with one attached hydrogen (secondary N) is 1. The summed E-state index contributed by atoms with van der Waals surface area (Å²) in [4.78, 5) is 28.0. The van der Waals surface area contributed by atoms with Gasteiger partial charge in [0, 0.05) is 18.0 Å². The minimum absolute atomic E-state index is 0.00597. The van der Waals surface area contributed by atoms with Crippen molar-refractivity contribution in [3.63, 3.8) is 0 Å². The molecule has 2 aliphatic heterocycles. The smallest absolute Gasteiger partial charge is 0.229 e. The quantitative estimate of drug-likeness (QED) is 0.596. The van der Waals surface area contributed by atoms with Crippen LogP contribution in [0.5, 0.6) is 0 Å². The molecule has 3 rings (SSSR count). The monoisotopic (exact) mass is 420 g/mol. The second kappa shape index (κ2) is 8.44. The van der Waals surface area contributed by atoms with Crippen molar-refractivity contribution in [3.8, 4) is 0 Å². The van der Waals surface area contributed by atoms with E-state index < -0.39 is 28.1 Å². The molecule has 30 heavy (non-hydrogen) atoms. The van der Waals surface area contributed by atoms with Gasteiger partial charge >= 0.3 is 0 Å². The molecule has 3 aliphatic rings. The van der Waals surface area contributed by atoms with Gasteiger partial charge < -0.3 is 15.3 Å². The molecule has 1 aliphatic carbocycles. The Balaban J connectivity index is 1.91. The van der Waals surface area contributed by atoms with Crippen molar-refractivity contribution in [2.75, 3.05) is 0 Å². The third kappa shape index (κ3) is 4.16. The number of aliphatic hydroxyl groups excluding tert-OH is 1. The standard InChI is InChI=1S/C25H44N2O3/c1-19(28)27-22(2,3)17-24(18-23(27,4)5)20(29)25(26-21(24)30)15-13-11-9-7-6-8-10-12-14-16-25/h20,29H,6-18H2,1-5H3,(H,26,30). The number of hydrogen-bond donors (Lipinski definition) is 2. The van der Waals surface area contributed by atoms with E-state index in [9.17, 15) is 14.7 Å². The predicted octanol–water partition coefficient (Wildman–Crippen LogP) is 4.71. The number of rotatable bonds is 0. The number of piperidine rings is 1. The molecule has 1 atom stereocenters. The normalized spacial score (nSPS) is 31.1. The molecule has 3 fully saturated rings. The molecule has 5 nitrogen and oxygen atoms in total. The second-order valence-electron chi connectivity index (χ2n) is 11.7. The Kier molecular flexibility index (Phi) is 6.63. The fourth-order valence-electron chi connectivity index (χ4n) is 7.50. The zero-order chi connectivity index (χ0) is 22.2. The highest BCUT2D eigenvalue weighted by Crippen LogP contribution is 2.56. The first-order chi connectivity index (χ1) is 14.0. The first kappa shape index (κ1) is 23.6. The van der Waals surface area contributed by atoms with Crippen LogP contribution in [0.25, 0.3) is 0 Å². The molecule has 0 radical (unpaired) electrons. The summed E-state index contributed by atoms with van der Waals surface area (Å²) in [6.45, 7) is 9.79. The molecular weight excluding hydrogens is 376 g/mol. The van der Waals surface area contributed by atoms with Crippen molar-refractivity contribution in [3.05, 3.63) is 0 Å². The van der Waals surface area contributed by atoms with Crippen molar-refractivity contribution in [2.45, 2.75) is 141 Å². The van der Waals surface area contributed by atoms with Gasteiger partial charge in [-0.05, 0) is 53.4 Å². The number of carbonyl (C=O) groups excluding carboxylic acids is 2. The number of nitrogens with zero attached hydrogens (tertiary/aromatic N) is 1. The Morgan fingerprint density at radius 2 is 1.27 bits per heavy atom. The van der Waals surface area contributed by atoms with Gasteiger partial charge in [-0.1, -0.05) is 57.8 Å². The van der Waals surface area contributed by atoms with Gasteiger partial charge in [-0.25, -0.2) is 0 Å². The molecule has 2 heterocycles. The molecule has 2 saturated heterocycles. The van der Waals surface area contributed by atoms with Crippen LogP contribution in [0.3, 0.4) is 0 Å². The lowest BCUT2D eigenvalue weighted by molar-refractivity contribution is -0.169.